The third-order valence-corrected chi connectivity index (χ3v) is 8.86. The Morgan fingerprint density at radius 2 is 2.06 bits per heavy atom. The maximum atomic E-state index is 12.7. The molecule has 0 radical (unpaired) electrons. The number of carbonyl (C=O) groups excluding carboxylic acids is 1. The Balaban J connectivity index is 1.12. The minimum absolute atomic E-state index is 0.0384. The molecule has 1 atom stereocenters. The number of H-pyrrole nitrogens is 1. The second-order valence-electron chi connectivity index (χ2n) is 9.62. The van der Waals surface area contributed by atoms with E-state index in [9.17, 15) is 9.59 Å². The van der Waals surface area contributed by atoms with Gasteiger partial charge in [-0.05, 0) is 74.2 Å². The number of anilines is 1. The zero-order valence-corrected chi connectivity index (χ0v) is 21.3. The van der Waals surface area contributed by atoms with E-state index in [-0.39, 0.29) is 11.5 Å². The summed E-state index contributed by atoms with van der Waals surface area (Å²) in [5, 5.41) is 3.76. The molecule has 3 heterocycles. The van der Waals surface area contributed by atoms with Crippen molar-refractivity contribution in [2.75, 3.05) is 24.2 Å². The van der Waals surface area contributed by atoms with E-state index in [1.54, 1.807) is 11.3 Å². The monoisotopic (exact) mass is 496 g/mol. The number of benzene rings is 1. The van der Waals surface area contributed by atoms with Crippen LogP contribution in [0.15, 0.2) is 29.1 Å². The summed E-state index contributed by atoms with van der Waals surface area (Å²) in [4.78, 5) is 37.4. The molecule has 2 aliphatic rings. The van der Waals surface area contributed by atoms with Crippen molar-refractivity contribution in [2.24, 2.45) is 5.92 Å². The molecule has 6 nitrogen and oxygen atoms in total. The Labute approximate surface area is 208 Å². The molecule has 8 heteroatoms. The summed E-state index contributed by atoms with van der Waals surface area (Å²) in [6.45, 7) is 5.63. The van der Waals surface area contributed by atoms with Crippen molar-refractivity contribution in [3.63, 3.8) is 0 Å². The van der Waals surface area contributed by atoms with Crippen LogP contribution in [-0.2, 0) is 29.9 Å². The molecule has 1 aliphatic heterocycles. The molecule has 2 aromatic heterocycles. The first-order chi connectivity index (χ1) is 16.5. The van der Waals surface area contributed by atoms with Crippen LogP contribution in [0.4, 0.5) is 5.69 Å². The average molecular weight is 497 g/mol. The molecule has 34 heavy (non-hydrogen) atoms. The van der Waals surface area contributed by atoms with E-state index in [4.69, 9.17) is 4.98 Å². The summed E-state index contributed by atoms with van der Waals surface area (Å²) in [7, 11) is 0. The lowest BCUT2D eigenvalue weighted by Gasteiger charge is -2.30. The van der Waals surface area contributed by atoms with Crippen molar-refractivity contribution < 1.29 is 4.79 Å². The first kappa shape index (κ1) is 23.6. The van der Waals surface area contributed by atoms with Crippen LogP contribution in [0.2, 0.25) is 0 Å². The Hall–Kier alpha value is -2.16. The Bertz CT molecular complexity index is 1220. The molecule has 1 aromatic carbocycles. The molecule has 0 saturated carbocycles. The normalized spacial score (nSPS) is 18.7. The van der Waals surface area contributed by atoms with Gasteiger partial charge in [-0.1, -0.05) is 19.1 Å². The van der Waals surface area contributed by atoms with Crippen molar-refractivity contribution in [3.05, 3.63) is 56.4 Å². The van der Waals surface area contributed by atoms with E-state index in [0.717, 1.165) is 54.2 Å². The maximum absolute atomic E-state index is 12.7. The van der Waals surface area contributed by atoms with Crippen LogP contribution in [0.5, 0.6) is 0 Å². The van der Waals surface area contributed by atoms with Crippen molar-refractivity contribution in [1.82, 2.24) is 14.9 Å². The maximum Gasteiger partial charge on any atom is 0.259 e. The van der Waals surface area contributed by atoms with Gasteiger partial charge in [-0.2, -0.15) is 0 Å². The molecular weight excluding hydrogens is 464 g/mol. The number of piperidine rings is 1. The molecule has 5 rings (SSSR count). The number of hydrogen-bond acceptors (Lipinski definition) is 6. The average Bonchev–Trinajstić information content (AvgIpc) is 3.19. The molecular formula is C26H32N4O2S2. The number of carbonyl (C=O) groups is 1. The van der Waals surface area contributed by atoms with Crippen LogP contribution in [0.3, 0.4) is 0 Å². The SMILES string of the molecule is CC1CCCN(Cc2ccc(NC(=O)CSCc3nc4sc5c(c4c(=O)[nH]3)CCCC5)cc2)C1. The largest absolute Gasteiger partial charge is 0.325 e. The van der Waals surface area contributed by atoms with Gasteiger partial charge in [0.15, 0.2) is 0 Å². The van der Waals surface area contributed by atoms with E-state index < -0.39 is 0 Å². The van der Waals surface area contributed by atoms with Gasteiger partial charge in [0.2, 0.25) is 5.91 Å². The van der Waals surface area contributed by atoms with Crippen molar-refractivity contribution in [1.29, 1.82) is 0 Å². The summed E-state index contributed by atoms with van der Waals surface area (Å²) in [6.07, 6.45) is 6.97. The number of aromatic nitrogens is 2. The lowest BCUT2D eigenvalue weighted by molar-refractivity contribution is -0.113. The third kappa shape index (κ3) is 5.56. The summed E-state index contributed by atoms with van der Waals surface area (Å²) >= 11 is 3.12. The smallest absolute Gasteiger partial charge is 0.259 e. The van der Waals surface area contributed by atoms with Gasteiger partial charge < -0.3 is 10.3 Å². The lowest BCUT2D eigenvalue weighted by Crippen LogP contribution is -2.33. The first-order valence-corrected chi connectivity index (χ1v) is 14.2. The van der Waals surface area contributed by atoms with Crippen LogP contribution >= 0.6 is 23.1 Å². The summed E-state index contributed by atoms with van der Waals surface area (Å²) in [6, 6.07) is 8.17. The molecule has 180 valence electrons. The number of likely N-dealkylation sites (tertiary alicyclic amines) is 1. The van der Waals surface area contributed by atoms with Gasteiger partial charge in [-0.15, -0.1) is 23.1 Å². The zero-order chi connectivity index (χ0) is 23.5. The summed E-state index contributed by atoms with van der Waals surface area (Å²) < 4.78 is 0. The predicted octanol–water partition coefficient (Wildman–Crippen LogP) is 4.97. The van der Waals surface area contributed by atoms with E-state index in [0.29, 0.717) is 17.3 Å². The lowest BCUT2D eigenvalue weighted by atomic mass is 9.97. The molecule has 3 aromatic rings. The number of nitrogens with one attached hydrogen (secondary N) is 2. The highest BCUT2D eigenvalue weighted by Crippen LogP contribution is 2.33. The Kier molecular flexibility index (Phi) is 7.37. The Morgan fingerprint density at radius 1 is 1.24 bits per heavy atom. The Morgan fingerprint density at radius 3 is 2.88 bits per heavy atom. The van der Waals surface area contributed by atoms with E-state index >= 15 is 0 Å². The van der Waals surface area contributed by atoms with Gasteiger partial charge in [0.1, 0.15) is 10.7 Å². The third-order valence-electron chi connectivity index (χ3n) is 6.73. The number of thioether (sulfide) groups is 1. The van der Waals surface area contributed by atoms with Crippen LogP contribution in [0, 0.1) is 5.92 Å². The minimum atomic E-state index is -0.0439. The number of thiophene rings is 1. The van der Waals surface area contributed by atoms with Crippen LogP contribution in [-0.4, -0.2) is 39.6 Å². The van der Waals surface area contributed by atoms with Crippen molar-refractivity contribution >= 4 is 44.9 Å². The zero-order valence-electron chi connectivity index (χ0n) is 19.7. The number of hydrogen-bond donors (Lipinski definition) is 2. The number of rotatable bonds is 7. The van der Waals surface area contributed by atoms with Crippen LogP contribution in [0.1, 0.15) is 54.4 Å². The second-order valence-corrected chi connectivity index (χ2v) is 11.7. The topological polar surface area (TPSA) is 78.1 Å². The van der Waals surface area contributed by atoms with Gasteiger partial charge in [0.25, 0.3) is 5.56 Å². The number of aromatic amines is 1. The number of nitrogens with zero attached hydrogens (tertiary/aromatic N) is 2. The minimum Gasteiger partial charge on any atom is -0.325 e. The highest BCUT2D eigenvalue weighted by Gasteiger charge is 2.20. The highest BCUT2D eigenvalue weighted by molar-refractivity contribution is 7.99. The summed E-state index contributed by atoms with van der Waals surface area (Å²) in [5.74, 6) is 2.20. The fourth-order valence-corrected chi connectivity index (χ4v) is 7.07. The number of aryl methyl sites for hydroxylation is 2. The fourth-order valence-electron chi connectivity index (χ4n) is 5.10. The molecule has 1 saturated heterocycles. The molecule has 2 N–H and O–H groups in total. The molecule has 0 bridgehead atoms. The molecule has 1 fully saturated rings. The second kappa shape index (κ2) is 10.6. The van der Waals surface area contributed by atoms with Crippen molar-refractivity contribution in [3.8, 4) is 0 Å². The van der Waals surface area contributed by atoms with E-state index in [1.165, 1.54) is 53.6 Å². The number of fused-ring (bicyclic) bond motifs is 3. The van der Waals surface area contributed by atoms with Gasteiger partial charge in [0.05, 0.1) is 16.9 Å². The van der Waals surface area contributed by atoms with Gasteiger partial charge >= 0.3 is 0 Å². The molecule has 1 unspecified atom stereocenters. The number of amides is 1. The van der Waals surface area contributed by atoms with Gasteiger partial charge in [-0.3, -0.25) is 14.5 Å². The highest BCUT2D eigenvalue weighted by atomic mass is 32.2. The summed E-state index contributed by atoms with van der Waals surface area (Å²) in [5.41, 5.74) is 3.26. The van der Waals surface area contributed by atoms with E-state index in [1.807, 2.05) is 12.1 Å². The fraction of sp³-hybridized carbons (Fsp3) is 0.500. The first-order valence-electron chi connectivity index (χ1n) is 12.3. The van der Waals surface area contributed by atoms with E-state index in [2.05, 4.69) is 34.3 Å². The standard InChI is InChI=1S/C26H32N4O2S2/c1-17-5-4-12-30(13-17)14-18-8-10-19(11-9-18)27-23(31)16-33-15-22-28-25(32)24-20-6-2-3-7-21(20)34-26(24)29-22/h8-11,17H,2-7,12-16H2,1H3,(H,27,31)(H,28,29,32). The van der Waals surface area contributed by atoms with Crippen LogP contribution in [0.25, 0.3) is 10.2 Å². The molecule has 0 spiro atoms. The van der Waals surface area contributed by atoms with Crippen LogP contribution < -0.4 is 10.9 Å². The quantitative estimate of drug-likeness (QED) is 0.483. The molecule has 1 amide bonds. The van der Waals surface area contributed by atoms with Gasteiger partial charge in [-0.25, -0.2) is 4.98 Å². The predicted molar refractivity (Wildman–Crippen MR) is 142 cm³/mol. The van der Waals surface area contributed by atoms with Gasteiger partial charge in [0, 0.05) is 23.7 Å². The molecule has 1 aliphatic carbocycles. The van der Waals surface area contributed by atoms with Crippen molar-refractivity contribution in [2.45, 2.75) is 57.7 Å².